The number of carbonyl (C=O) groups is 3. The van der Waals surface area contributed by atoms with Crippen LogP contribution in [0.5, 0.6) is 0 Å². The summed E-state index contributed by atoms with van der Waals surface area (Å²) in [5.41, 5.74) is -2.07. The van der Waals surface area contributed by atoms with Crippen molar-refractivity contribution in [2.24, 2.45) is 5.92 Å². The van der Waals surface area contributed by atoms with Gasteiger partial charge in [0.25, 0.3) is 5.91 Å². The molecule has 1 aromatic rings. The normalized spacial score (nSPS) is 26.0. The highest BCUT2D eigenvalue weighted by molar-refractivity contribution is 6.10. The molecule has 3 aliphatic rings. The number of halogens is 3. The number of alkyl halides is 3. The van der Waals surface area contributed by atoms with Crippen molar-refractivity contribution in [1.82, 2.24) is 10.2 Å². The molecule has 8 nitrogen and oxygen atoms in total. The Bertz CT molecular complexity index is 948. The van der Waals surface area contributed by atoms with E-state index in [4.69, 9.17) is 4.74 Å². The molecule has 0 bridgehead atoms. The third kappa shape index (κ3) is 4.50. The van der Waals surface area contributed by atoms with E-state index in [9.17, 15) is 27.6 Å². The van der Waals surface area contributed by atoms with Crippen LogP contribution in [-0.2, 0) is 20.5 Å². The number of urea groups is 1. The zero-order chi connectivity index (χ0) is 23.8. The molecule has 2 N–H and O–H groups in total. The summed E-state index contributed by atoms with van der Waals surface area (Å²) >= 11 is 0. The lowest BCUT2D eigenvalue weighted by Gasteiger charge is -2.36. The average Bonchev–Trinajstić information content (AvgIpc) is 3.01. The number of carbonyl (C=O) groups excluding carboxylic acids is 3. The quantitative estimate of drug-likeness (QED) is 0.663. The Morgan fingerprint density at radius 1 is 1.24 bits per heavy atom. The van der Waals surface area contributed by atoms with Crippen molar-refractivity contribution >= 4 is 29.2 Å². The summed E-state index contributed by atoms with van der Waals surface area (Å²) in [5.74, 6) is -1.45. The van der Waals surface area contributed by atoms with E-state index in [0.717, 1.165) is 30.2 Å². The Labute approximate surface area is 189 Å². The lowest BCUT2D eigenvalue weighted by molar-refractivity contribution is -0.138. The van der Waals surface area contributed by atoms with Crippen molar-refractivity contribution < 1.29 is 32.3 Å². The van der Waals surface area contributed by atoms with Crippen LogP contribution in [0.4, 0.5) is 29.3 Å². The summed E-state index contributed by atoms with van der Waals surface area (Å²) < 4.78 is 46.4. The van der Waals surface area contributed by atoms with E-state index >= 15 is 0 Å². The predicted molar refractivity (Wildman–Crippen MR) is 114 cm³/mol. The van der Waals surface area contributed by atoms with Gasteiger partial charge in [0, 0.05) is 18.8 Å². The lowest BCUT2D eigenvalue weighted by Crippen LogP contribution is -2.54. The smallest absolute Gasteiger partial charge is 0.378 e. The zero-order valence-electron chi connectivity index (χ0n) is 18.3. The van der Waals surface area contributed by atoms with E-state index in [0.29, 0.717) is 38.4 Å². The second kappa shape index (κ2) is 8.85. The molecular formula is C22H27F3N4O4. The highest BCUT2D eigenvalue weighted by Gasteiger charge is 2.55. The van der Waals surface area contributed by atoms with Crippen LogP contribution in [0.15, 0.2) is 18.2 Å². The number of hydrogen-bond donors (Lipinski definition) is 2. The number of morpholine rings is 1. The maximum Gasteiger partial charge on any atom is 0.418 e. The second-order valence-corrected chi connectivity index (χ2v) is 8.81. The minimum Gasteiger partial charge on any atom is -0.378 e. The van der Waals surface area contributed by atoms with Gasteiger partial charge in [-0.25, -0.2) is 4.79 Å². The fraction of sp³-hybridized carbons (Fsp3) is 0.591. The molecule has 0 radical (unpaired) electrons. The first-order valence-corrected chi connectivity index (χ1v) is 11.1. The number of nitrogens with one attached hydrogen (secondary N) is 2. The first-order chi connectivity index (χ1) is 15.6. The van der Waals surface area contributed by atoms with Crippen LogP contribution >= 0.6 is 0 Å². The van der Waals surface area contributed by atoms with Gasteiger partial charge < -0.3 is 20.3 Å². The van der Waals surface area contributed by atoms with E-state index in [1.54, 1.807) is 4.90 Å². The molecule has 11 heteroatoms. The maximum absolute atomic E-state index is 13.7. The Kier molecular flexibility index (Phi) is 6.26. The molecule has 0 aromatic heterocycles. The average molecular weight is 468 g/mol. The van der Waals surface area contributed by atoms with E-state index in [1.165, 1.54) is 12.1 Å². The number of hydrogen-bond acceptors (Lipinski definition) is 5. The largest absolute Gasteiger partial charge is 0.418 e. The molecule has 3 fully saturated rings. The van der Waals surface area contributed by atoms with Crippen LogP contribution in [0.1, 0.15) is 38.2 Å². The number of imide groups is 1. The monoisotopic (exact) mass is 468 g/mol. The first kappa shape index (κ1) is 23.3. The Morgan fingerprint density at radius 2 is 1.97 bits per heavy atom. The number of benzene rings is 1. The number of amides is 4. The minimum absolute atomic E-state index is 0.0830. The third-order valence-corrected chi connectivity index (χ3v) is 6.76. The van der Waals surface area contributed by atoms with Gasteiger partial charge in [-0.1, -0.05) is 19.8 Å². The topological polar surface area (TPSA) is 91.0 Å². The van der Waals surface area contributed by atoms with Crippen LogP contribution in [0.3, 0.4) is 0 Å². The SMILES string of the molecule is CC1CCCCC12NC(=O)N(CC(=O)Nc1ccc(N3CCOCC3)cc1C(F)(F)F)C2=O. The number of ether oxygens (including phenoxy) is 1. The van der Waals surface area contributed by atoms with Crippen molar-refractivity contribution in [3.63, 3.8) is 0 Å². The van der Waals surface area contributed by atoms with E-state index < -0.39 is 47.4 Å². The van der Waals surface area contributed by atoms with E-state index in [2.05, 4.69) is 10.6 Å². The fourth-order valence-corrected chi connectivity index (χ4v) is 4.87. The highest BCUT2D eigenvalue weighted by atomic mass is 19.4. The molecule has 1 aromatic carbocycles. The molecule has 1 aliphatic carbocycles. The van der Waals surface area contributed by atoms with Crippen LogP contribution < -0.4 is 15.5 Å². The van der Waals surface area contributed by atoms with Gasteiger partial charge in [-0.2, -0.15) is 13.2 Å². The van der Waals surface area contributed by atoms with Gasteiger partial charge in [0.2, 0.25) is 5.91 Å². The molecule has 4 amide bonds. The van der Waals surface area contributed by atoms with Crippen molar-refractivity contribution in [3.05, 3.63) is 23.8 Å². The molecule has 2 atom stereocenters. The summed E-state index contributed by atoms with van der Waals surface area (Å²) in [5, 5.41) is 4.97. The minimum atomic E-state index is -4.70. The molecule has 1 spiro atoms. The molecule has 1 saturated carbocycles. The van der Waals surface area contributed by atoms with Crippen LogP contribution in [0.2, 0.25) is 0 Å². The molecule has 2 unspecified atom stereocenters. The Hall–Kier alpha value is -2.82. The lowest BCUT2D eigenvalue weighted by atomic mass is 9.73. The molecule has 2 aliphatic heterocycles. The second-order valence-electron chi connectivity index (χ2n) is 8.81. The maximum atomic E-state index is 13.7. The molecular weight excluding hydrogens is 441 g/mol. The Balaban J connectivity index is 1.50. The number of anilines is 2. The summed E-state index contributed by atoms with van der Waals surface area (Å²) in [7, 11) is 0. The zero-order valence-corrected chi connectivity index (χ0v) is 18.3. The van der Waals surface area contributed by atoms with Gasteiger partial charge in [0.15, 0.2) is 0 Å². The first-order valence-electron chi connectivity index (χ1n) is 11.1. The Morgan fingerprint density at radius 3 is 2.64 bits per heavy atom. The van der Waals surface area contributed by atoms with Crippen molar-refractivity contribution in [2.45, 2.75) is 44.3 Å². The highest BCUT2D eigenvalue weighted by Crippen LogP contribution is 2.39. The van der Waals surface area contributed by atoms with Crippen LogP contribution in [-0.4, -0.2) is 61.1 Å². The van der Waals surface area contributed by atoms with E-state index in [-0.39, 0.29) is 5.92 Å². The van der Waals surface area contributed by atoms with Gasteiger partial charge >= 0.3 is 12.2 Å². The number of nitrogens with zero attached hydrogens (tertiary/aromatic N) is 2. The molecule has 2 heterocycles. The van der Waals surface area contributed by atoms with Crippen LogP contribution in [0.25, 0.3) is 0 Å². The standard InChI is InChI=1S/C22H27F3N4O4/c1-14-4-2-3-7-21(14)19(31)29(20(32)27-21)13-18(30)26-17-6-5-15(12-16(17)22(23,24)25)28-8-10-33-11-9-28/h5-6,12,14H,2-4,7-11,13H2,1H3,(H,26,30)(H,27,32). The van der Waals surface area contributed by atoms with Gasteiger partial charge in [-0.05, 0) is 37.0 Å². The third-order valence-electron chi connectivity index (χ3n) is 6.76. The molecule has 4 rings (SSSR count). The van der Waals surface area contributed by atoms with Crippen molar-refractivity contribution in [3.8, 4) is 0 Å². The molecule has 180 valence electrons. The predicted octanol–water partition coefficient (Wildman–Crippen LogP) is 2.98. The van der Waals surface area contributed by atoms with Gasteiger partial charge in [-0.3, -0.25) is 14.5 Å². The van der Waals surface area contributed by atoms with Crippen molar-refractivity contribution in [2.75, 3.05) is 43.1 Å². The fourth-order valence-electron chi connectivity index (χ4n) is 4.87. The van der Waals surface area contributed by atoms with Crippen molar-refractivity contribution in [1.29, 1.82) is 0 Å². The van der Waals surface area contributed by atoms with Crippen LogP contribution in [0, 0.1) is 5.92 Å². The van der Waals surface area contributed by atoms with Gasteiger partial charge in [0.1, 0.15) is 12.1 Å². The number of rotatable bonds is 4. The summed E-state index contributed by atoms with van der Waals surface area (Å²) in [6.45, 7) is 3.01. The summed E-state index contributed by atoms with van der Waals surface area (Å²) in [4.78, 5) is 40.6. The van der Waals surface area contributed by atoms with E-state index in [1.807, 2.05) is 6.92 Å². The molecule has 2 saturated heterocycles. The van der Waals surface area contributed by atoms with Gasteiger partial charge in [-0.15, -0.1) is 0 Å². The molecule has 33 heavy (non-hydrogen) atoms. The summed E-state index contributed by atoms with van der Waals surface area (Å²) in [6, 6.07) is 3.00. The summed E-state index contributed by atoms with van der Waals surface area (Å²) in [6.07, 6.45) is -1.71. The van der Waals surface area contributed by atoms with Gasteiger partial charge in [0.05, 0.1) is 24.5 Å².